The summed E-state index contributed by atoms with van der Waals surface area (Å²) in [6.07, 6.45) is 6.18. The lowest BCUT2D eigenvalue weighted by atomic mass is 9.98. The molecule has 2 aliphatic heterocycles. The topological polar surface area (TPSA) is 83.7 Å². The average molecular weight is 448 g/mol. The Morgan fingerprint density at radius 3 is 2.65 bits per heavy atom. The van der Waals surface area contributed by atoms with Crippen LogP contribution in [0, 0.1) is 18.7 Å². The molecule has 1 amide bonds. The van der Waals surface area contributed by atoms with Gasteiger partial charge in [-0.2, -0.15) is 4.31 Å². The molecule has 2 fully saturated rings. The van der Waals surface area contributed by atoms with Crippen molar-refractivity contribution in [3.05, 3.63) is 47.1 Å². The summed E-state index contributed by atoms with van der Waals surface area (Å²) in [6.45, 7) is 3.55. The first-order valence-electron chi connectivity index (χ1n) is 10.6. The maximum absolute atomic E-state index is 13.9. The Kier molecular flexibility index (Phi) is 6.24. The zero-order valence-electron chi connectivity index (χ0n) is 17.5. The van der Waals surface area contributed by atoms with Crippen LogP contribution in [0.1, 0.15) is 42.7 Å². The number of rotatable bonds is 5. The lowest BCUT2D eigenvalue weighted by molar-refractivity contribution is -0.135. The largest absolute Gasteiger partial charge is 0.355 e. The highest BCUT2D eigenvalue weighted by Crippen LogP contribution is 2.30. The molecule has 0 saturated carbocycles. The van der Waals surface area contributed by atoms with E-state index in [0.717, 1.165) is 25.9 Å². The molecule has 0 aliphatic carbocycles. The summed E-state index contributed by atoms with van der Waals surface area (Å²) < 4.78 is 47.4. The SMILES string of the molecule is Cc1noc(C=Cc2ccccc2F)c1S(=O)(=O)N1CCCC(C(=O)N2CCCC2)C1. The molecule has 2 saturated heterocycles. The highest BCUT2D eigenvalue weighted by Gasteiger charge is 2.38. The van der Waals surface area contributed by atoms with Crippen LogP contribution in [0.5, 0.6) is 0 Å². The smallest absolute Gasteiger partial charge is 0.248 e. The van der Waals surface area contributed by atoms with Crippen LogP contribution in [0.2, 0.25) is 0 Å². The summed E-state index contributed by atoms with van der Waals surface area (Å²) >= 11 is 0. The second-order valence-electron chi connectivity index (χ2n) is 8.05. The van der Waals surface area contributed by atoms with Gasteiger partial charge in [-0.15, -0.1) is 0 Å². The van der Waals surface area contributed by atoms with Crippen molar-refractivity contribution >= 4 is 28.1 Å². The van der Waals surface area contributed by atoms with E-state index in [-0.39, 0.29) is 34.7 Å². The zero-order valence-corrected chi connectivity index (χ0v) is 18.3. The van der Waals surface area contributed by atoms with Crippen molar-refractivity contribution in [2.45, 2.75) is 37.5 Å². The number of carbonyl (C=O) groups is 1. The molecule has 1 aromatic carbocycles. The Bertz CT molecular complexity index is 1090. The second-order valence-corrected chi connectivity index (χ2v) is 9.93. The Morgan fingerprint density at radius 1 is 1.16 bits per heavy atom. The van der Waals surface area contributed by atoms with E-state index < -0.39 is 15.8 Å². The molecule has 7 nitrogen and oxygen atoms in total. The number of halogens is 1. The quantitative estimate of drug-likeness (QED) is 0.702. The van der Waals surface area contributed by atoms with E-state index in [1.807, 2.05) is 4.90 Å². The molecular weight excluding hydrogens is 421 g/mol. The van der Waals surface area contributed by atoms with Gasteiger partial charge in [0.25, 0.3) is 0 Å². The molecule has 9 heteroatoms. The first-order valence-corrected chi connectivity index (χ1v) is 12.0. The molecule has 4 rings (SSSR count). The number of hydrogen-bond acceptors (Lipinski definition) is 5. The van der Waals surface area contributed by atoms with Crippen molar-refractivity contribution in [1.82, 2.24) is 14.4 Å². The lowest BCUT2D eigenvalue weighted by Crippen LogP contribution is -2.46. The minimum Gasteiger partial charge on any atom is -0.355 e. The van der Waals surface area contributed by atoms with Crippen LogP contribution < -0.4 is 0 Å². The molecule has 2 aromatic rings. The molecule has 1 atom stereocenters. The van der Waals surface area contributed by atoms with Crippen molar-refractivity contribution in [1.29, 1.82) is 0 Å². The van der Waals surface area contributed by atoms with Gasteiger partial charge >= 0.3 is 0 Å². The zero-order chi connectivity index (χ0) is 22.0. The predicted octanol–water partition coefficient (Wildman–Crippen LogP) is 3.32. The van der Waals surface area contributed by atoms with Crippen molar-refractivity contribution in [3.8, 4) is 0 Å². The molecule has 2 aliphatic rings. The van der Waals surface area contributed by atoms with Crippen molar-refractivity contribution in [3.63, 3.8) is 0 Å². The molecule has 1 unspecified atom stereocenters. The van der Waals surface area contributed by atoms with E-state index in [4.69, 9.17) is 4.52 Å². The van der Waals surface area contributed by atoms with Gasteiger partial charge in [-0.05, 0) is 50.8 Å². The Balaban J connectivity index is 1.58. The van der Waals surface area contributed by atoms with E-state index in [9.17, 15) is 17.6 Å². The number of amides is 1. The summed E-state index contributed by atoms with van der Waals surface area (Å²) in [5.41, 5.74) is 0.551. The van der Waals surface area contributed by atoms with Crippen LogP contribution >= 0.6 is 0 Å². The molecule has 166 valence electrons. The Labute approximate surface area is 181 Å². The van der Waals surface area contributed by atoms with Gasteiger partial charge in [-0.1, -0.05) is 23.4 Å². The maximum atomic E-state index is 13.9. The van der Waals surface area contributed by atoms with Crippen molar-refractivity contribution < 1.29 is 22.1 Å². The summed E-state index contributed by atoms with van der Waals surface area (Å²) in [5.74, 6) is -0.661. The van der Waals surface area contributed by atoms with Crippen molar-refractivity contribution in [2.24, 2.45) is 5.92 Å². The van der Waals surface area contributed by atoms with Crippen LogP contribution in [0.25, 0.3) is 12.2 Å². The third-order valence-corrected chi connectivity index (χ3v) is 7.93. The van der Waals surface area contributed by atoms with Gasteiger partial charge in [0.1, 0.15) is 11.5 Å². The predicted molar refractivity (Wildman–Crippen MR) is 114 cm³/mol. The monoisotopic (exact) mass is 447 g/mol. The van der Waals surface area contributed by atoms with Gasteiger partial charge in [-0.25, -0.2) is 12.8 Å². The normalized spacial score (nSPS) is 20.6. The molecule has 0 bridgehead atoms. The minimum absolute atomic E-state index is 0.0330. The summed E-state index contributed by atoms with van der Waals surface area (Å²) in [7, 11) is -3.92. The van der Waals surface area contributed by atoms with Gasteiger partial charge in [0.15, 0.2) is 10.7 Å². The fourth-order valence-electron chi connectivity index (χ4n) is 4.26. The van der Waals surface area contributed by atoms with Gasteiger partial charge in [-0.3, -0.25) is 4.79 Å². The van der Waals surface area contributed by atoms with E-state index in [2.05, 4.69) is 5.16 Å². The molecule has 0 N–H and O–H groups in total. The highest BCUT2D eigenvalue weighted by molar-refractivity contribution is 7.89. The van der Waals surface area contributed by atoms with Gasteiger partial charge in [0.05, 0.1) is 5.92 Å². The van der Waals surface area contributed by atoms with E-state index >= 15 is 0 Å². The number of carbonyl (C=O) groups excluding carboxylic acids is 1. The molecule has 0 spiro atoms. The molecular formula is C22H26FN3O4S. The highest BCUT2D eigenvalue weighted by atomic mass is 32.2. The van der Waals surface area contributed by atoms with Crippen LogP contribution in [-0.4, -0.2) is 54.9 Å². The number of hydrogen-bond donors (Lipinski definition) is 0. The molecule has 1 aromatic heterocycles. The number of aromatic nitrogens is 1. The first-order chi connectivity index (χ1) is 14.9. The van der Waals surface area contributed by atoms with E-state index in [1.165, 1.54) is 22.5 Å². The van der Waals surface area contributed by atoms with E-state index in [0.29, 0.717) is 24.9 Å². The average Bonchev–Trinajstić information content (AvgIpc) is 3.43. The number of aryl methyl sites for hydroxylation is 1. The van der Waals surface area contributed by atoms with Crippen LogP contribution in [0.4, 0.5) is 4.39 Å². The van der Waals surface area contributed by atoms with Crippen LogP contribution in [-0.2, 0) is 14.8 Å². The minimum atomic E-state index is -3.92. The van der Waals surface area contributed by atoms with Gasteiger partial charge in [0, 0.05) is 31.7 Å². The summed E-state index contributed by atoms with van der Waals surface area (Å²) in [5, 5.41) is 3.83. The fourth-order valence-corrected chi connectivity index (χ4v) is 6.04. The molecule has 31 heavy (non-hydrogen) atoms. The van der Waals surface area contributed by atoms with Gasteiger partial charge < -0.3 is 9.42 Å². The van der Waals surface area contributed by atoms with Crippen molar-refractivity contribution in [2.75, 3.05) is 26.2 Å². The Hall–Kier alpha value is -2.52. The number of sulfonamides is 1. The Morgan fingerprint density at radius 2 is 1.90 bits per heavy atom. The molecule has 0 radical (unpaired) electrons. The second kappa shape index (κ2) is 8.92. The van der Waals surface area contributed by atoms with Crippen LogP contribution in [0.15, 0.2) is 33.7 Å². The first kappa shape index (κ1) is 21.7. The lowest BCUT2D eigenvalue weighted by Gasteiger charge is -2.33. The maximum Gasteiger partial charge on any atom is 0.248 e. The third-order valence-electron chi connectivity index (χ3n) is 5.90. The van der Waals surface area contributed by atoms with Crippen LogP contribution in [0.3, 0.4) is 0 Å². The number of benzene rings is 1. The fraction of sp³-hybridized carbons (Fsp3) is 0.455. The van der Waals surface area contributed by atoms with E-state index in [1.54, 1.807) is 25.1 Å². The molecule has 3 heterocycles. The number of nitrogens with zero attached hydrogens (tertiary/aromatic N) is 3. The standard InChI is InChI=1S/C22H26FN3O4S/c1-16-21(20(30-24-16)11-10-17-7-2-3-9-19(17)23)31(28,29)26-14-6-8-18(15-26)22(27)25-12-4-5-13-25/h2-3,7,9-11,18H,4-6,8,12-15H2,1H3. The van der Waals surface area contributed by atoms with Gasteiger partial charge in [0.2, 0.25) is 15.9 Å². The number of likely N-dealkylation sites (tertiary alicyclic amines) is 1. The summed E-state index contributed by atoms with van der Waals surface area (Å²) in [6, 6.07) is 6.19. The number of piperidine rings is 1. The third kappa shape index (κ3) is 4.43. The summed E-state index contributed by atoms with van der Waals surface area (Å²) in [4.78, 5) is 14.6.